The van der Waals surface area contributed by atoms with Crippen LogP contribution >= 0.6 is 12.2 Å². The third-order valence-corrected chi connectivity index (χ3v) is 5.43. The largest absolute Gasteiger partial charge is 0.444 e. The van der Waals surface area contributed by atoms with Crippen LogP contribution in [0.5, 0.6) is 0 Å². The zero-order valence-corrected chi connectivity index (χ0v) is 17.4. The fraction of sp³-hybridized carbons (Fsp3) is 0.450. The maximum Gasteiger partial charge on any atom is 0.204 e. The molecule has 0 bridgehead atoms. The van der Waals surface area contributed by atoms with Gasteiger partial charge >= 0.3 is 0 Å². The first-order chi connectivity index (χ1) is 14.1. The molecule has 0 radical (unpaired) electrons. The Morgan fingerprint density at radius 1 is 1.31 bits per heavy atom. The molecule has 0 atom stereocenters. The van der Waals surface area contributed by atoms with Crippen LogP contribution in [-0.4, -0.2) is 56.8 Å². The summed E-state index contributed by atoms with van der Waals surface area (Å²) in [5, 5.41) is 7.05. The lowest BCUT2D eigenvalue weighted by atomic mass is 10.1. The van der Waals surface area contributed by atoms with Crippen molar-refractivity contribution in [3.8, 4) is 0 Å². The number of nitrogens with one attached hydrogen (secondary N) is 2. The minimum atomic E-state index is 0.363. The molecule has 0 spiro atoms. The number of hydrogen-bond donors (Lipinski definition) is 3. The molecule has 1 aliphatic heterocycles. The molecule has 2 aromatic heterocycles. The Balaban J connectivity index is 1.43. The number of imidazole rings is 1. The highest BCUT2D eigenvalue weighted by molar-refractivity contribution is 7.80. The number of hydrogen-bond acceptors (Lipinski definition) is 6. The van der Waals surface area contributed by atoms with Crippen LogP contribution < -0.4 is 16.4 Å². The van der Waals surface area contributed by atoms with Crippen LogP contribution in [-0.2, 0) is 6.54 Å². The summed E-state index contributed by atoms with van der Waals surface area (Å²) in [5.74, 6) is 2.39. The van der Waals surface area contributed by atoms with Gasteiger partial charge in [-0.1, -0.05) is 12.1 Å². The summed E-state index contributed by atoms with van der Waals surface area (Å²) >= 11 is 4.86. The third kappa shape index (κ3) is 4.86. The van der Waals surface area contributed by atoms with E-state index in [4.69, 9.17) is 27.4 Å². The van der Waals surface area contributed by atoms with Crippen molar-refractivity contribution in [2.24, 2.45) is 5.73 Å². The molecular weight excluding hydrogens is 386 g/mol. The van der Waals surface area contributed by atoms with Crippen LogP contribution in [0.15, 0.2) is 34.9 Å². The van der Waals surface area contributed by atoms with E-state index in [9.17, 15) is 0 Å². The topological polar surface area (TPSA) is 97.2 Å². The molecule has 3 aromatic rings. The molecule has 0 saturated carbocycles. The lowest BCUT2D eigenvalue weighted by molar-refractivity contribution is 0.222. The summed E-state index contributed by atoms with van der Waals surface area (Å²) in [4.78, 5) is 11.5. The summed E-state index contributed by atoms with van der Waals surface area (Å²) < 4.78 is 7.88. The highest BCUT2D eigenvalue weighted by atomic mass is 32.1. The van der Waals surface area contributed by atoms with E-state index in [0.717, 1.165) is 61.8 Å². The number of para-hydroxylation sites is 2. The first-order valence-corrected chi connectivity index (χ1v) is 10.4. The van der Waals surface area contributed by atoms with E-state index in [1.165, 1.54) is 0 Å². The molecule has 154 valence electrons. The molecule has 29 heavy (non-hydrogen) atoms. The molecular formula is C20H27N7OS. The predicted molar refractivity (Wildman–Crippen MR) is 118 cm³/mol. The molecule has 3 heterocycles. The van der Waals surface area contributed by atoms with Crippen LogP contribution in [0.3, 0.4) is 0 Å². The van der Waals surface area contributed by atoms with Crippen molar-refractivity contribution in [3.05, 3.63) is 42.1 Å². The van der Waals surface area contributed by atoms with Gasteiger partial charge in [-0.3, -0.25) is 0 Å². The highest BCUT2D eigenvalue weighted by Crippen LogP contribution is 2.24. The number of nitrogens with zero attached hydrogens (tertiary/aromatic N) is 4. The summed E-state index contributed by atoms with van der Waals surface area (Å²) in [6.45, 7) is 6.29. The number of piperidine rings is 1. The van der Waals surface area contributed by atoms with E-state index in [1.54, 1.807) is 6.20 Å². The Bertz CT molecular complexity index is 974. The SMILES string of the molecule is Cc1ncc(Cn2c(NC3CCN(CCNC(N)=S)CC3)nc3ccccc32)o1. The summed E-state index contributed by atoms with van der Waals surface area (Å²) in [5.41, 5.74) is 7.56. The Morgan fingerprint density at radius 2 is 2.10 bits per heavy atom. The van der Waals surface area contributed by atoms with Crippen LogP contribution in [0.2, 0.25) is 0 Å². The van der Waals surface area contributed by atoms with Gasteiger partial charge < -0.3 is 30.3 Å². The molecule has 1 aliphatic rings. The van der Waals surface area contributed by atoms with Gasteiger partial charge in [-0.15, -0.1) is 0 Å². The minimum Gasteiger partial charge on any atom is -0.444 e. The molecule has 8 nitrogen and oxygen atoms in total. The van der Waals surface area contributed by atoms with Crippen molar-refractivity contribution in [2.75, 3.05) is 31.5 Å². The van der Waals surface area contributed by atoms with Crippen LogP contribution in [0.4, 0.5) is 5.95 Å². The minimum absolute atomic E-state index is 0.363. The molecule has 1 aromatic carbocycles. The monoisotopic (exact) mass is 413 g/mol. The standard InChI is InChI=1S/C20H27N7OS/c1-14-23-12-16(28-14)13-27-18-5-3-2-4-17(18)25-20(27)24-15-6-9-26(10-7-15)11-8-22-19(21)29/h2-5,12,15H,6-11,13H2,1H3,(H,24,25)(H3,21,22,29). The zero-order valence-electron chi connectivity index (χ0n) is 16.6. The molecule has 0 unspecified atom stereocenters. The van der Waals surface area contributed by atoms with E-state index in [2.05, 4.69) is 31.2 Å². The number of oxazole rings is 1. The number of anilines is 1. The summed E-state index contributed by atoms with van der Waals surface area (Å²) in [6, 6.07) is 8.58. The van der Waals surface area contributed by atoms with Gasteiger partial charge in [-0.05, 0) is 37.2 Å². The maximum atomic E-state index is 5.70. The molecule has 1 saturated heterocycles. The Kier molecular flexibility index (Phi) is 5.96. The van der Waals surface area contributed by atoms with Crippen molar-refractivity contribution in [1.82, 2.24) is 24.8 Å². The normalized spacial score (nSPS) is 15.6. The molecule has 4 rings (SSSR count). The Morgan fingerprint density at radius 3 is 2.83 bits per heavy atom. The second-order valence-corrected chi connectivity index (χ2v) is 7.85. The highest BCUT2D eigenvalue weighted by Gasteiger charge is 2.21. The Labute approximate surface area is 175 Å². The number of rotatable bonds is 7. The van der Waals surface area contributed by atoms with E-state index in [0.29, 0.717) is 23.6 Å². The van der Waals surface area contributed by atoms with Gasteiger partial charge in [0.15, 0.2) is 11.0 Å². The number of benzene rings is 1. The molecule has 9 heteroatoms. The molecule has 4 N–H and O–H groups in total. The van der Waals surface area contributed by atoms with E-state index in [1.807, 2.05) is 25.1 Å². The number of fused-ring (bicyclic) bond motifs is 1. The van der Waals surface area contributed by atoms with Crippen molar-refractivity contribution in [3.63, 3.8) is 0 Å². The average molecular weight is 414 g/mol. The number of likely N-dealkylation sites (tertiary alicyclic amines) is 1. The fourth-order valence-electron chi connectivity index (χ4n) is 3.80. The van der Waals surface area contributed by atoms with Crippen LogP contribution in [0.25, 0.3) is 11.0 Å². The zero-order chi connectivity index (χ0) is 20.2. The second kappa shape index (κ2) is 8.79. The van der Waals surface area contributed by atoms with Crippen molar-refractivity contribution in [1.29, 1.82) is 0 Å². The first-order valence-electron chi connectivity index (χ1n) is 9.97. The fourth-order valence-corrected chi connectivity index (χ4v) is 3.90. The van der Waals surface area contributed by atoms with E-state index >= 15 is 0 Å². The lowest BCUT2D eigenvalue weighted by Gasteiger charge is -2.32. The van der Waals surface area contributed by atoms with E-state index < -0.39 is 0 Å². The summed E-state index contributed by atoms with van der Waals surface area (Å²) in [6.07, 6.45) is 3.92. The van der Waals surface area contributed by atoms with Gasteiger partial charge in [0.25, 0.3) is 0 Å². The van der Waals surface area contributed by atoms with Gasteiger partial charge in [0.05, 0.1) is 23.8 Å². The second-order valence-electron chi connectivity index (χ2n) is 7.41. The van der Waals surface area contributed by atoms with Crippen molar-refractivity contribution >= 4 is 34.3 Å². The number of aryl methyl sites for hydroxylation is 1. The lowest BCUT2D eigenvalue weighted by Crippen LogP contribution is -2.43. The van der Waals surface area contributed by atoms with Gasteiger partial charge in [-0.25, -0.2) is 9.97 Å². The number of aromatic nitrogens is 3. The van der Waals surface area contributed by atoms with Gasteiger partial charge in [0.2, 0.25) is 5.95 Å². The number of nitrogens with two attached hydrogens (primary N) is 1. The molecule has 0 amide bonds. The van der Waals surface area contributed by atoms with E-state index in [-0.39, 0.29) is 0 Å². The maximum absolute atomic E-state index is 5.70. The van der Waals surface area contributed by atoms with Crippen molar-refractivity contribution in [2.45, 2.75) is 32.4 Å². The van der Waals surface area contributed by atoms with Crippen molar-refractivity contribution < 1.29 is 4.42 Å². The number of thiocarbonyl (C=S) groups is 1. The molecule has 0 aliphatic carbocycles. The molecule has 1 fully saturated rings. The predicted octanol–water partition coefficient (Wildman–Crippen LogP) is 2.09. The van der Waals surface area contributed by atoms with Crippen LogP contribution in [0, 0.1) is 6.92 Å². The Hall–Kier alpha value is -2.65. The van der Waals surface area contributed by atoms with Gasteiger partial charge in [0, 0.05) is 39.1 Å². The third-order valence-electron chi connectivity index (χ3n) is 5.29. The van der Waals surface area contributed by atoms with Gasteiger partial charge in [-0.2, -0.15) is 0 Å². The smallest absolute Gasteiger partial charge is 0.204 e. The average Bonchev–Trinajstić information content (AvgIpc) is 3.27. The summed E-state index contributed by atoms with van der Waals surface area (Å²) in [7, 11) is 0. The first kappa shape index (κ1) is 19.7. The quantitative estimate of drug-likeness (QED) is 0.507. The van der Waals surface area contributed by atoms with Gasteiger partial charge in [0.1, 0.15) is 5.76 Å². The van der Waals surface area contributed by atoms with Crippen LogP contribution in [0.1, 0.15) is 24.5 Å².